The SMILES string of the molecule is CSCCN1CCC(N(C)C(=O)NCC(=O)O)CC1. The number of carbonyl (C=O) groups is 2. The molecule has 2 N–H and O–H groups in total. The highest BCUT2D eigenvalue weighted by molar-refractivity contribution is 7.98. The van der Waals surface area contributed by atoms with Crippen molar-refractivity contribution in [2.24, 2.45) is 0 Å². The number of nitrogens with zero attached hydrogens (tertiary/aromatic N) is 2. The Morgan fingerprint density at radius 2 is 2.05 bits per heavy atom. The van der Waals surface area contributed by atoms with Crippen LogP contribution < -0.4 is 5.32 Å². The van der Waals surface area contributed by atoms with E-state index in [-0.39, 0.29) is 18.6 Å². The largest absolute Gasteiger partial charge is 0.480 e. The van der Waals surface area contributed by atoms with E-state index in [1.54, 1.807) is 11.9 Å². The number of aliphatic carboxylic acids is 1. The molecule has 2 amide bonds. The van der Waals surface area contributed by atoms with Crippen LogP contribution in [0.1, 0.15) is 12.8 Å². The molecule has 0 bridgehead atoms. The quantitative estimate of drug-likeness (QED) is 0.746. The van der Waals surface area contributed by atoms with Crippen molar-refractivity contribution in [2.75, 3.05) is 45.2 Å². The zero-order valence-electron chi connectivity index (χ0n) is 11.6. The van der Waals surface area contributed by atoms with E-state index in [1.165, 1.54) is 0 Å². The first kappa shape index (κ1) is 16.1. The smallest absolute Gasteiger partial charge is 0.323 e. The minimum absolute atomic E-state index is 0.208. The van der Waals surface area contributed by atoms with E-state index in [1.807, 2.05) is 11.8 Å². The number of urea groups is 1. The van der Waals surface area contributed by atoms with Gasteiger partial charge in [-0.05, 0) is 19.1 Å². The number of hydrogen-bond donors (Lipinski definition) is 2. The fraction of sp³-hybridized carbons (Fsp3) is 0.833. The van der Waals surface area contributed by atoms with Crippen molar-refractivity contribution in [3.05, 3.63) is 0 Å². The van der Waals surface area contributed by atoms with Crippen LogP contribution in [0.25, 0.3) is 0 Å². The van der Waals surface area contributed by atoms with Crippen molar-refractivity contribution in [1.29, 1.82) is 0 Å². The maximum absolute atomic E-state index is 11.7. The van der Waals surface area contributed by atoms with Gasteiger partial charge in [-0.1, -0.05) is 0 Å². The summed E-state index contributed by atoms with van der Waals surface area (Å²) in [5.74, 6) is 0.119. The van der Waals surface area contributed by atoms with E-state index in [0.717, 1.165) is 38.2 Å². The van der Waals surface area contributed by atoms with Crippen LogP contribution >= 0.6 is 11.8 Å². The van der Waals surface area contributed by atoms with Gasteiger partial charge in [0.15, 0.2) is 0 Å². The number of thioether (sulfide) groups is 1. The maximum atomic E-state index is 11.7. The van der Waals surface area contributed by atoms with Crippen molar-refractivity contribution in [1.82, 2.24) is 15.1 Å². The summed E-state index contributed by atoms with van der Waals surface area (Å²) in [5.41, 5.74) is 0. The van der Waals surface area contributed by atoms with Gasteiger partial charge in [-0.2, -0.15) is 11.8 Å². The molecule has 1 aliphatic rings. The van der Waals surface area contributed by atoms with Crippen molar-refractivity contribution in [3.63, 3.8) is 0 Å². The van der Waals surface area contributed by atoms with E-state index in [9.17, 15) is 9.59 Å². The highest BCUT2D eigenvalue weighted by Crippen LogP contribution is 2.15. The molecule has 0 aromatic carbocycles. The minimum atomic E-state index is -1.02. The molecule has 19 heavy (non-hydrogen) atoms. The van der Waals surface area contributed by atoms with E-state index < -0.39 is 5.97 Å². The number of carbonyl (C=O) groups excluding carboxylic acids is 1. The average molecular weight is 289 g/mol. The topological polar surface area (TPSA) is 72.9 Å². The lowest BCUT2D eigenvalue weighted by atomic mass is 10.0. The molecule has 0 aromatic rings. The van der Waals surface area contributed by atoms with Crippen LogP contribution in [-0.4, -0.2) is 78.2 Å². The first-order chi connectivity index (χ1) is 9.04. The molecule has 0 aliphatic carbocycles. The summed E-state index contributed by atoms with van der Waals surface area (Å²) in [7, 11) is 1.74. The molecule has 0 atom stereocenters. The molecule has 1 fully saturated rings. The third-order valence-corrected chi connectivity index (χ3v) is 4.02. The molecular weight excluding hydrogens is 266 g/mol. The molecule has 1 rings (SSSR count). The molecule has 1 aliphatic heterocycles. The molecule has 0 unspecified atom stereocenters. The zero-order valence-corrected chi connectivity index (χ0v) is 12.4. The third kappa shape index (κ3) is 5.69. The van der Waals surface area contributed by atoms with Crippen LogP contribution in [0.15, 0.2) is 0 Å². The molecule has 0 aromatic heterocycles. The Morgan fingerprint density at radius 1 is 1.42 bits per heavy atom. The van der Waals surface area contributed by atoms with Crippen LogP contribution in [0.3, 0.4) is 0 Å². The highest BCUT2D eigenvalue weighted by atomic mass is 32.2. The predicted octanol–water partition coefficient (Wildman–Crippen LogP) is 0.540. The van der Waals surface area contributed by atoms with Gasteiger partial charge in [0.2, 0.25) is 0 Å². The first-order valence-electron chi connectivity index (χ1n) is 6.48. The monoisotopic (exact) mass is 289 g/mol. The highest BCUT2D eigenvalue weighted by Gasteiger charge is 2.25. The fourth-order valence-corrected chi connectivity index (χ4v) is 2.63. The van der Waals surface area contributed by atoms with Crippen LogP contribution in [0, 0.1) is 0 Å². The second-order valence-corrected chi connectivity index (χ2v) is 5.71. The number of carboxylic acids is 1. The zero-order chi connectivity index (χ0) is 14.3. The molecule has 0 spiro atoms. The van der Waals surface area contributed by atoms with Gasteiger partial charge in [-0.3, -0.25) is 4.79 Å². The number of carboxylic acid groups (broad SMARTS) is 1. The standard InChI is InChI=1S/C12H23N3O3S/c1-14(12(18)13-9-11(16)17)10-3-5-15(6-4-10)7-8-19-2/h10H,3-9H2,1-2H3,(H,13,18)(H,16,17). The number of rotatable bonds is 6. The van der Waals surface area contributed by atoms with Crippen LogP contribution in [0.2, 0.25) is 0 Å². The number of amides is 2. The lowest BCUT2D eigenvalue weighted by Crippen LogP contribution is -2.49. The Labute approximate surface area is 118 Å². The summed E-state index contributed by atoms with van der Waals surface area (Å²) >= 11 is 1.84. The van der Waals surface area contributed by atoms with Gasteiger partial charge in [0, 0.05) is 38.5 Å². The van der Waals surface area contributed by atoms with Gasteiger partial charge >= 0.3 is 12.0 Å². The summed E-state index contributed by atoms with van der Waals surface area (Å²) in [5, 5.41) is 10.9. The number of likely N-dealkylation sites (tertiary alicyclic amines) is 1. The Morgan fingerprint density at radius 3 is 2.58 bits per heavy atom. The maximum Gasteiger partial charge on any atom is 0.323 e. The van der Waals surface area contributed by atoms with Crippen LogP contribution in [0.5, 0.6) is 0 Å². The predicted molar refractivity (Wildman–Crippen MR) is 76.6 cm³/mol. The number of piperidine rings is 1. The van der Waals surface area contributed by atoms with Gasteiger partial charge in [0.05, 0.1) is 0 Å². The van der Waals surface area contributed by atoms with E-state index in [0.29, 0.717) is 0 Å². The molecule has 0 radical (unpaired) electrons. The van der Waals surface area contributed by atoms with Gasteiger partial charge in [0.1, 0.15) is 6.54 Å². The molecule has 1 saturated heterocycles. The molecule has 7 heteroatoms. The summed E-state index contributed by atoms with van der Waals surface area (Å²) < 4.78 is 0. The van der Waals surface area contributed by atoms with Crippen molar-refractivity contribution >= 4 is 23.8 Å². The number of nitrogens with one attached hydrogen (secondary N) is 1. The van der Waals surface area contributed by atoms with Gasteiger partial charge < -0.3 is 20.2 Å². The van der Waals surface area contributed by atoms with E-state index >= 15 is 0 Å². The number of hydrogen-bond acceptors (Lipinski definition) is 4. The summed E-state index contributed by atoms with van der Waals surface area (Å²) in [6.07, 6.45) is 4.00. The summed E-state index contributed by atoms with van der Waals surface area (Å²) in [6, 6.07) is -0.0933. The lowest BCUT2D eigenvalue weighted by Gasteiger charge is -2.36. The molecule has 6 nitrogen and oxygen atoms in total. The van der Waals surface area contributed by atoms with E-state index in [4.69, 9.17) is 5.11 Å². The van der Waals surface area contributed by atoms with Crippen LogP contribution in [-0.2, 0) is 4.79 Å². The lowest BCUT2D eigenvalue weighted by molar-refractivity contribution is -0.135. The van der Waals surface area contributed by atoms with Crippen molar-refractivity contribution in [2.45, 2.75) is 18.9 Å². The molecule has 0 saturated carbocycles. The Bertz CT molecular complexity index is 307. The van der Waals surface area contributed by atoms with E-state index in [2.05, 4.69) is 16.5 Å². The normalized spacial score (nSPS) is 17.2. The Hall–Kier alpha value is -0.950. The van der Waals surface area contributed by atoms with Crippen molar-refractivity contribution < 1.29 is 14.7 Å². The van der Waals surface area contributed by atoms with Crippen LogP contribution in [0.4, 0.5) is 4.79 Å². The first-order valence-corrected chi connectivity index (χ1v) is 7.87. The molecular formula is C12H23N3O3S. The summed E-state index contributed by atoms with van der Waals surface area (Å²) in [4.78, 5) is 26.2. The van der Waals surface area contributed by atoms with Gasteiger partial charge in [-0.15, -0.1) is 0 Å². The summed E-state index contributed by atoms with van der Waals surface area (Å²) in [6.45, 7) is 2.78. The van der Waals surface area contributed by atoms with Gasteiger partial charge in [0.25, 0.3) is 0 Å². The molecule has 1 heterocycles. The average Bonchev–Trinajstić information content (AvgIpc) is 2.42. The minimum Gasteiger partial charge on any atom is -0.480 e. The van der Waals surface area contributed by atoms with Crippen molar-refractivity contribution in [3.8, 4) is 0 Å². The Kier molecular flexibility index (Phi) is 7.01. The fourth-order valence-electron chi connectivity index (χ4n) is 2.19. The Balaban J connectivity index is 2.29. The van der Waals surface area contributed by atoms with Gasteiger partial charge in [-0.25, -0.2) is 4.79 Å². The second kappa shape index (κ2) is 8.27. The third-order valence-electron chi connectivity index (χ3n) is 3.43. The molecule has 110 valence electrons. The second-order valence-electron chi connectivity index (χ2n) is 4.73.